The summed E-state index contributed by atoms with van der Waals surface area (Å²) in [4.78, 5) is 23.3. The fourth-order valence-corrected chi connectivity index (χ4v) is 1.98. The number of aryl methyl sites for hydroxylation is 1. The number of rotatable bonds is 6. The fraction of sp³-hybridized carbons (Fsp3) is 0.294. The maximum Gasteiger partial charge on any atom is 0.407 e. The number of carbonyl (C=O) groups is 2. The van der Waals surface area contributed by atoms with Crippen molar-refractivity contribution in [2.45, 2.75) is 26.5 Å². The highest BCUT2D eigenvalue weighted by molar-refractivity contribution is 5.82. The number of nitrogens with one attached hydrogen (secondary N) is 2. The van der Waals surface area contributed by atoms with Crippen molar-refractivity contribution in [3.63, 3.8) is 0 Å². The largest absolute Gasteiger partial charge is 0.464 e. The molecule has 6 nitrogen and oxygen atoms in total. The molecule has 122 valence electrons. The molecule has 0 aliphatic rings. The van der Waals surface area contributed by atoms with E-state index in [9.17, 15) is 9.59 Å². The Hall–Kier alpha value is -2.76. The zero-order valence-corrected chi connectivity index (χ0v) is 13.2. The first-order chi connectivity index (χ1) is 11.0. The summed E-state index contributed by atoms with van der Waals surface area (Å²) in [5.41, 5.74) is 0.883. The van der Waals surface area contributed by atoms with Crippen LogP contribution in [0.3, 0.4) is 0 Å². The molecular formula is C17H20N2O4. The molecule has 2 amide bonds. The van der Waals surface area contributed by atoms with Gasteiger partial charge in [0.2, 0.25) is 5.91 Å². The molecule has 2 rings (SSSR count). The van der Waals surface area contributed by atoms with E-state index in [0.717, 1.165) is 11.3 Å². The third kappa shape index (κ3) is 5.50. The summed E-state index contributed by atoms with van der Waals surface area (Å²) in [5, 5.41) is 5.15. The van der Waals surface area contributed by atoms with E-state index in [2.05, 4.69) is 10.6 Å². The molecule has 0 aliphatic heterocycles. The second-order valence-electron chi connectivity index (χ2n) is 5.15. The van der Waals surface area contributed by atoms with Crippen LogP contribution in [-0.2, 0) is 16.1 Å². The van der Waals surface area contributed by atoms with E-state index in [1.807, 2.05) is 56.3 Å². The zero-order chi connectivity index (χ0) is 16.7. The van der Waals surface area contributed by atoms with E-state index in [4.69, 9.17) is 9.15 Å². The first-order valence-electron chi connectivity index (χ1n) is 7.35. The van der Waals surface area contributed by atoms with Gasteiger partial charge in [0.15, 0.2) is 0 Å². The smallest absolute Gasteiger partial charge is 0.407 e. The molecule has 0 saturated heterocycles. The molecule has 0 saturated carbocycles. The summed E-state index contributed by atoms with van der Waals surface area (Å²) in [7, 11) is 0. The molecule has 2 N–H and O–H groups in total. The molecule has 1 heterocycles. The summed E-state index contributed by atoms with van der Waals surface area (Å²) in [6.45, 7) is 3.65. The van der Waals surface area contributed by atoms with Crippen molar-refractivity contribution in [2.75, 3.05) is 6.54 Å². The number of alkyl carbamates (subject to hydrolysis) is 1. The Morgan fingerprint density at radius 3 is 2.57 bits per heavy atom. The number of carbonyl (C=O) groups excluding carboxylic acids is 2. The Labute approximate surface area is 134 Å². The lowest BCUT2D eigenvalue weighted by molar-refractivity contribution is -0.120. The van der Waals surface area contributed by atoms with Gasteiger partial charge in [0.05, 0.1) is 6.04 Å². The molecule has 1 aromatic carbocycles. The minimum Gasteiger partial charge on any atom is -0.464 e. The molecule has 23 heavy (non-hydrogen) atoms. The Morgan fingerprint density at radius 1 is 1.17 bits per heavy atom. The van der Waals surface area contributed by atoms with Crippen LogP contribution in [-0.4, -0.2) is 18.5 Å². The van der Waals surface area contributed by atoms with E-state index in [-0.39, 0.29) is 25.1 Å². The van der Waals surface area contributed by atoms with Gasteiger partial charge in [0.25, 0.3) is 0 Å². The van der Waals surface area contributed by atoms with E-state index < -0.39 is 6.09 Å². The van der Waals surface area contributed by atoms with Gasteiger partial charge in [-0.1, -0.05) is 30.3 Å². The third-order valence-electron chi connectivity index (χ3n) is 3.17. The van der Waals surface area contributed by atoms with Crippen LogP contribution in [0, 0.1) is 6.92 Å². The normalized spacial score (nSPS) is 11.6. The first kappa shape index (κ1) is 16.6. The van der Waals surface area contributed by atoms with Crippen LogP contribution < -0.4 is 10.6 Å². The van der Waals surface area contributed by atoms with E-state index in [1.165, 1.54) is 0 Å². The summed E-state index contributed by atoms with van der Waals surface area (Å²) < 4.78 is 10.5. The molecule has 0 fully saturated rings. The second kappa shape index (κ2) is 8.03. The molecule has 0 aliphatic carbocycles. The minimum atomic E-state index is -0.634. The minimum absolute atomic E-state index is 0.155. The number of amides is 2. The lowest BCUT2D eigenvalue weighted by Crippen LogP contribution is -2.38. The summed E-state index contributed by atoms with van der Waals surface area (Å²) >= 11 is 0. The van der Waals surface area contributed by atoms with E-state index in [1.54, 1.807) is 0 Å². The van der Waals surface area contributed by atoms with Gasteiger partial charge < -0.3 is 19.8 Å². The van der Waals surface area contributed by atoms with Crippen molar-refractivity contribution in [1.29, 1.82) is 0 Å². The highest BCUT2D eigenvalue weighted by Crippen LogP contribution is 2.15. The molecule has 1 atom stereocenters. The van der Waals surface area contributed by atoms with Crippen LogP contribution in [0.5, 0.6) is 0 Å². The Kier molecular flexibility index (Phi) is 5.80. The number of furan rings is 1. The van der Waals surface area contributed by atoms with Gasteiger partial charge in [0.1, 0.15) is 24.7 Å². The fourth-order valence-electron chi connectivity index (χ4n) is 1.98. The SMILES string of the molecule is Cc1ccc([C@H](C)NC(=O)CNC(=O)OCc2ccccc2)o1. The van der Waals surface area contributed by atoms with Crippen LogP contribution in [0.25, 0.3) is 0 Å². The highest BCUT2D eigenvalue weighted by Gasteiger charge is 2.13. The molecule has 0 bridgehead atoms. The Bertz CT molecular complexity index is 652. The second-order valence-corrected chi connectivity index (χ2v) is 5.15. The maximum absolute atomic E-state index is 11.8. The molecular weight excluding hydrogens is 296 g/mol. The Balaban J connectivity index is 1.68. The molecule has 0 radical (unpaired) electrons. The molecule has 2 aromatic rings. The third-order valence-corrected chi connectivity index (χ3v) is 3.17. The van der Waals surface area contributed by atoms with Crippen molar-refractivity contribution in [1.82, 2.24) is 10.6 Å². The maximum atomic E-state index is 11.8. The molecule has 0 unspecified atom stereocenters. The van der Waals surface area contributed by atoms with Crippen molar-refractivity contribution in [3.8, 4) is 0 Å². The molecule has 6 heteroatoms. The predicted molar refractivity (Wildman–Crippen MR) is 84.6 cm³/mol. The van der Waals surface area contributed by atoms with Gasteiger partial charge >= 0.3 is 6.09 Å². The standard InChI is InChI=1S/C17H20N2O4/c1-12-8-9-15(23-12)13(2)19-16(20)10-18-17(21)22-11-14-6-4-3-5-7-14/h3-9,13H,10-11H2,1-2H3,(H,18,21)(H,19,20)/t13-/m0/s1. The first-order valence-corrected chi connectivity index (χ1v) is 7.35. The number of hydrogen-bond acceptors (Lipinski definition) is 4. The quantitative estimate of drug-likeness (QED) is 0.858. The Morgan fingerprint density at radius 2 is 1.91 bits per heavy atom. The van der Waals surface area contributed by atoms with E-state index in [0.29, 0.717) is 5.76 Å². The van der Waals surface area contributed by atoms with Crippen molar-refractivity contribution >= 4 is 12.0 Å². The van der Waals surface area contributed by atoms with Gasteiger partial charge in [-0.2, -0.15) is 0 Å². The zero-order valence-electron chi connectivity index (χ0n) is 13.2. The van der Waals surface area contributed by atoms with Crippen LogP contribution in [0.4, 0.5) is 4.79 Å². The van der Waals surface area contributed by atoms with Crippen LogP contribution in [0.2, 0.25) is 0 Å². The monoisotopic (exact) mass is 316 g/mol. The average Bonchev–Trinajstić information content (AvgIpc) is 2.98. The van der Waals surface area contributed by atoms with Crippen LogP contribution in [0.15, 0.2) is 46.9 Å². The summed E-state index contributed by atoms with van der Waals surface area (Å²) in [5.74, 6) is 1.13. The van der Waals surface area contributed by atoms with Gasteiger partial charge in [0, 0.05) is 0 Å². The van der Waals surface area contributed by atoms with Crippen LogP contribution >= 0.6 is 0 Å². The highest BCUT2D eigenvalue weighted by atomic mass is 16.5. The topological polar surface area (TPSA) is 80.6 Å². The number of hydrogen-bond donors (Lipinski definition) is 2. The van der Waals surface area contributed by atoms with E-state index >= 15 is 0 Å². The van der Waals surface area contributed by atoms with Crippen molar-refractivity contribution in [3.05, 3.63) is 59.5 Å². The summed E-state index contributed by atoms with van der Waals surface area (Å²) in [6, 6.07) is 12.7. The van der Waals surface area contributed by atoms with Gasteiger partial charge in [-0.05, 0) is 31.5 Å². The number of benzene rings is 1. The predicted octanol–water partition coefficient (Wildman–Crippen LogP) is 2.69. The lowest BCUT2D eigenvalue weighted by atomic mass is 10.2. The lowest BCUT2D eigenvalue weighted by Gasteiger charge is -2.12. The summed E-state index contributed by atoms with van der Waals surface area (Å²) in [6.07, 6.45) is -0.634. The molecule has 1 aromatic heterocycles. The van der Waals surface area contributed by atoms with Gasteiger partial charge in [-0.25, -0.2) is 4.79 Å². The van der Waals surface area contributed by atoms with Gasteiger partial charge in [-0.15, -0.1) is 0 Å². The van der Waals surface area contributed by atoms with Crippen LogP contribution in [0.1, 0.15) is 30.0 Å². The number of ether oxygens (including phenoxy) is 1. The van der Waals surface area contributed by atoms with Crippen molar-refractivity contribution < 1.29 is 18.7 Å². The van der Waals surface area contributed by atoms with Gasteiger partial charge in [-0.3, -0.25) is 4.79 Å². The van der Waals surface area contributed by atoms with Crippen molar-refractivity contribution in [2.24, 2.45) is 0 Å². The molecule has 0 spiro atoms. The average molecular weight is 316 g/mol.